The van der Waals surface area contributed by atoms with Crippen LogP contribution in [0.3, 0.4) is 0 Å². The molecule has 2 aliphatic rings. The largest absolute Gasteiger partial charge is 0.379 e. The molecule has 36 heavy (non-hydrogen) atoms. The van der Waals surface area contributed by atoms with E-state index in [1.807, 2.05) is 12.1 Å². The number of carbonyl (C=O) groups is 1. The maximum Gasteiger partial charge on any atom is 0.251 e. The molecule has 1 aliphatic carbocycles. The minimum atomic E-state index is -0.109. The van der Waals surface area contributed by atoms with Gasteiger partial charge in [-0.3, -0.25) is 9.69 Å². The summed E-state index contributed by atoms with van der Waals surface area (Å²) in [7, 11) is 0. The SMILES string of the molecule is O=C(NCCN1CCOCC1)c1cccc(Nc2ncc3nnn(-c4ccc5c(c4)CCC5)c3n2)c1. The first-order chi connectivity index (χ1) is 17.7. The molecule has 0 spiro atoms. The lowest BCUT2D eigenvalue weighted by Crippen LogP contribution is -2.41. The normalized spacial score (nSPS) is 15.7. The Kier molecular flexibility index (Phi) is 6.27. The smallest absolute Gasteiger partial charge is 0.251 e. The summed E-state index contributed by atoms with van der Waals surface area (Å²) in [5.74, 6) is 0.305. The molecule has 4 aromatic rings. The van der Waals surface area contributed by atoms with Crippen molar-refractivity contribution >= 4 is 28.7 Å². The summed E-state index contributed by atoms with van der Waals surface area (Å²) in [5, 5.41) is 14.8. The van der Waals surface area contributed by atoms with Crippen LogP contribution >= 0.6 is 0 Å². The van der Waals surface area contributed by atoms with E-state index in [-0.39, 0.29) is 5.91 Å². The summed E-state index contributed by atoms with van der Waals surface area (Å²) in [6.45, 7) is 4.71. The van der Waals surface area contributed by atoms with E-state index in [2.05, 4.69) is 54.0 Å². The second-order valence-electron chi connectivity index (χ2n) is 9.13. The van der Waals surface area contributed by atoms with Crippen molar-refractivity contribution in [2.24, 2.45) is 0 Å². The highest BCUT2D eigenvalue weighted by atomic mass is 16.5. The molecular formula is C26H28N8O2. The number of ether oxygens (including phenoxy) is 1. The highest BCUT2D eigenvalue weighted by molar-refractivity contribution is 5.95. The number of benzene rings is 2. The molecule has 1 aliphatic heterocycles. The van der Waals surface area contributed by atoms with Gasteiger partial charge in [-0.1, -0.05) is 17.3 Å². The Hall–Kier alpha value is -3.89. The molecule has 1 saturated heterocycles. The molecule has 0 radical (unpaired) electrons. The summed E-state index contributed by atoms with van der Waals surface area (Å²) >= 11 is 0. The van der Waals surface area contributed by atoms with E-state index in [4.69, 9.17) is 4.74 Å². The van der Waals surface area contributed by atoms with Crippen LogP contribution in [0.25, 0.3) is 16.9 Å². The van der Waals surface area contributed by atoms with Crippen molar-refractivity contribution in [3.63, 3.8) is 0 Å². The summed E-state index contributed by atoms with van der Waals surface area (Å²) in [4.78, 5) is 24.0. The molecule has 2 aromatic heterocycles. The number of nitrogens with zero attached hydrogens (tertiary/aromatic N) is 6. The molecule has 0 saturated carbocycles. The van der Waals surface area contributed by atoms with Gasteiger partial charge in [0.25, 0.3) is 5.91 Å². The molecule has 184 valence electrons. The standard InChI is InChI=1S/C26H28N8O2/c35-25(27-9-10-33-11-13-36-14-12-33)20-5-2-6-21(15-20)29-26-28-17-23-24(30-26)34(32-31-23)22-8-7-18-3-1-4-19(18)16-22/h2,5-8,15-17H,1,3-4,9-14H2,(H,27,35)(H,28,29,30). The number of hydrogen-bond acceptors (Lipinski definition) is 8. The Balaban J connectivity index is 1.15. The molecular weight excluding hydrogens is 456 g/mol. The average Bonchev–Trinajstić information content (AvgIpc) is 3.56. The first-order valence-corrected chi connectivity index (χ1v) is 12.4. The van der Waals surface area contributed by atoms with Crippen molar-refractivity contribution in [1.82, 2.24) is 35.2 Å². The quantitative estimate of drug-likeness (QED) is 0.412. The summed E-state index contributed by atoms with van der Waals surface area (Å²) < 4.78 is 7.12. The Labute approximate surface area is 208 Å². The molecule has 0 unspecified atom stereocenters. The number of aromatic nitrogens is 5. The summed E-state index contributed by atoms with van der Waals surface area (Å²) in [5.41, 5.74) is 6.27. The fraction of sp³-hybridized carbons (Fsp3) is 0.346. The molecule has 6 rings (SSSR count). The maximum absolute atomic E-state index is 12.7. The predicted molar refractivity (Wildman–Crippen MR) is 136 cm³/mol. The van der Waals surface area contributed by atoms with Gasteiger partial charge in [-0.2, -0.15) is 9.67 Å². The van der Waals surface area contributed by atoms with Crippen LogP contribution in [0.5, 0.6) is 0 Å². The molecule has 2 aromatic carbocycles. The number of hydrogen-bond donors (Lipinski definition) is 2. The number of anilines is 2. The van der Waals surface area contributed by atoms with E-state index in [0.717, 1.165) is 57.1 Å². The topological polar surface area (TPSA) is 110 Å². The lowest BCUT2D eigenvalue weighted by atomic mass is 10.1. The number of aryl methyl sites for hydroxylation is 2. The van der Waals surface area contributed by atoms with Gasteiger partial charge in [0, 0.05) is 37.4 Å². The second kappa shape index (κ2) is 10.00. The zero-order valence-electron chi connectivity index (χ0n) is 20.0. The number of nitrogens with one attached hydrogen (secondary N) is 2. The van der Waals surface area contributed by atoms with Gasteiger partial charge < -0.3 is 15.4 Å². The fourth-order valence-corrected chi connectivity index (χ4v) is 4.77. The lowest BCUT2D eigenvalue weighted by Gasteiger charge is -2.26. The van der Waals surface area contributed by atoms with Crippen molar-refractivity contribution < 1.29 is 9.53 Å². The van der Waals surface area contributed by atoms with E-state index >= 15 is 0 Å². The van der Waals surface area contributed by atoms with Crippen LogP contribution in [0, 0.1) is 0 Å². The van der Waals surface area contributed by atoms with Crippen molar-refractivity contribution in [2.45, 2.75) is 19.3 Å². The first kappa shape index (κ1) is 22.6. The summed E-state index contributed by atoms with van der Waals surface area (Å²) in [6, 6.07) is 13.7. The second-order valence-corrected chi connectivity index (χ2v) is 9.13. The van der Waals surface area contributed by atoms with Gasteiger partial charge >= 0.3 is 0 Å². The van der Waals surface area contributed by atoms with Crippen LogP contribution in [0.1, 0.15) is 27.9 Å². The highest BCUT2D eigenvalue weighted by Crippen LogP contribution is 2.25. The van der Waals surface area contributed by atoms with Crippen LogP contribution < -0.4 is 10.6 Å². The van der Waals surface area contributed by atoms with E-state index in [1.165, 1.54) is 17.5 Å². The van der Waals surface area contributed by atoms with Gasteiger partial charge in [0.1, 0.15) is 0 Å². The average molecular weight is 485 g/mol. The van der Waals surface area contributed by atoms with Gasteiger partial charge in [-0.25, -0.2) is 4.98 Å². The van der Waals surface area contributed by atoms with E-state index in [0.29, 0.717) is 29.2 Å². The van der Waals surface area contributed by atoms with Gasteiger partial charge in [-0.05, 0) is 60.7 Å². The third kappa shape index (κ3) is 4.77. The molecule has 10 nitrogen and oxygen atoms in total. The minimum Gasteiger partial charge on any atom is -0.379 e. The molecule has 10 heteroatoms. The van der Waals surface area contributed by atoms with Gasteiger partial charge in [0.2, 0.25) is 5.95 Å². The van der Waals surface area contributed by atoms with Crippen LogP contribution in [-0.4, -0.2) is 75.2 Å². The Bertz CT molecular complexity index is 1400. The third-order valence-corrected chi connectivity index (χ3v) is 6.72. The monoisotopic (exact) mass is 484 g/mol. The number of fused-ring (bicyclic) bond motifs is 2. The van der Waals surface area contributed by atoms with Gasteiger partial charge in [0.05, 0.1) is 25.1 Å². The number of morpholine rings is 1. The van der Waals surface area contributed by atoms with Gasteiger partial charge in [-0.15, -0.1) is 5.10 Å². The van der Waals surface area contributed by atoms with Crippen molar-refractivity contribution in [1.29, 1.82) is 0 Å². The molecule has 0 bridgehead atoms. The predicted octanol–water partition coefficient (Wildman–Crippen LogP) is 2.50. The number of rotatable bonds is 7. The Morgan fingerprint density at radius 3 is 2.86 bits per heavy atom. The third-order valence-electron chi connectivity index (χ3n) is 6.72. The van der Waals surface area contributed by atoms with Crippen LogP contribution in [0.15, 0.2) is 48.7 Å². The maximum atomic E-state index is 12.7. The number of carbonyl (C=O) groups excluding carboxylic acids is 1. The fourth-order valence-electron chi connectivity index (χ4n) is 4.77. The van der Waals surface area contributed by atoms with E-state index in [1.54, 1.807) is 23.0 Å². The van der Waals surface area contributed by atoms with Crippen LogP contribution in [0.4, 0.5) is 11.6 Å². The lowest BCUT2D eigenvalue weighted by molar-refractivity contribution is 0.0383. The van der Waals surface area contributed by atoms with Crippen LogP contribution in [-0.2, 0) is 17.6 Å². The Morgan fingerprint density at radius 2 is 1.94 bits per heavy atom. The molecule has 0 atom stereocenters. The molecule has 2 N–H and O–H groups in total. The Morgan fingerprint density at radius 1 is 1.06 bits per heavy atom. The van der Waals surface area contributed by atoms with Crippen molar-refractivity contribution in [3.8, 4) is 5.69 Å². The van der Waals surface area contributed by atoms with Crippen molar-refractivity contribution in [2.75, 3.05) is 44.7 Å². The van der Waals surface area contributed by atoms with Gasteiger partial charge in [0.15, 0.2) is 11.2 Å². The zero-order valence-corrected chi connectivity index (χ0v) is 20.0. The molecule has 1 fully saturated rings. The van der Waals surface area contributed by atoms with E-state index < -0.39 is 0 Å². The minimum absolute atomic E-state index is 0.109. The molecule has 3 heterocycles. The summed E-state index contributed by atoms with van der Waals surface area (Å²) in [6.07, 6.45) is 5.07. The first-order valence-electron chi connectivity index (χ1n) is 12.4. The highest BCUT2D eigenvalue weighted by Gasteiger charge is 2.16. The van der Waals surface area contributed by atoms with Crippen LogP contribution in [0.2, 0.25) is 0 Å². The van der Waals surface area contributed by atoms with Crippen molar-refractivity contribution in [3.05, 3.63) is 65.4 Å². The van der Waals surface area contributed by atoms with E-state index in [9.17, 15) is 4.79 Å². The zero-order chi connectivity index (χ0) is 24.3. The molecule has 1 amide bonds. The number of amides is 1.